The van der Waals surface area contributed by atoms with Crippen molar-refractivity contribution < 1.29 is 9.47 Å². The molecule has 0 fully saturated rings. The van der Waals surface area contributed by atoms with Gasteiger partial charge in [0.25, 0.3) is 0 Å². The average molecular weight is 179 g/mol. The summed E-state index contributed by atoms with van der Waals surface area (Å²) >= 11 is 0. The SMILES string of the molecule is [CH2]COc1ccc(OC(C)C)cc1. The molecule has 0 saturated carbocycles. The van der Waals surface area contributed by atoms with Gasteiger partial charge in [-0.1, -0.05) is 0 Å². The van der Waals surface area contributed by atoms with Gasteiger partial charge < -0.3 is 9.47 Å². The highest BCUT2D eigenvalue weighted by Gasteiger charge is 1.97. The molecule has 1 aromatic rings. The molecule has 0 heterocycles. The summed E-state index contributed by atoms with van der Waals surface area (Å²) in [6.07, 6.45) is 0.208. The van der Waals surface area contributed by atoms with E-state index in [1.165, 1.54) is 0 Å². The van der Waals surface area contributed by atoms with Crippen molar-refractivity contribution in [2.45, 2.75) is 20.0 Å². The lowest BCUT2D eigenvalue weighted by Gasteiger charge is -2.10. The van der Waals surface area contributed by atoms with Crippen LogP contribution < -0.4 is 9.47 Å². The number of ether oxygens (including phenoxy) is 2. The fraction of sp³-hybridized carbons (Fsp3) is 0.364. The number of hydrogen-bond acceptors (Lipinski definition) is 2. The van der Waals surface area contributed by atoms with E-state index in [4.69, 9.17) is 9.47 Å². The first-order chi connectivity index (χ1) is 6.22. The fourth-order valence-corrected chi connectivity index (χ4v) is 1.00. The van der Waals surface area contributed by atoms with E-state index in [2.05, 4.69) is 6.92 Å². The Labute approximate surface area is 79.5 Å². The molecule has 0 N–H and O–H groups in total. The Hall–Kier alpha value is -1.18. The molecular weight excluding hydrogens is 164 g/mol. The molecule has 1 rings (SSSR count). The van der Waals surface area contributed by atoms with Crippen molar-refractivity contribution >= 4 is 0 Å². The predicted molar refractivity (Wildman–Crippen MR) is 53.1 cm³/mol. The van der Waals surface area contributed by atoms with Gasteiger partial charge in [-0.05, 0) is 45.0 Å². The van der Waals surface area contributed by atoms with Crippen LogP contribution in [0.15, 0.2) is 24.3 Å². The summed E-state index contributed by atoms with van der Waals surface area (Å²) < 4.78 is 10.7. The summed E-state index contributed by atoms with van der Waals surface area (Å²) in [5.41, 5.74) is 0. The minimum absolute atomic E-state index is 0.208. The molecule has 0 aromatic heterocycles. The van der Waals surface area contributed by atoms with Crippen LogP contribution in [0.1, 0.15) is 13.8 Å². The van der Waals surface area contributed by atoms with E-state index in [1.807, 2.05) is 38.1 Å². The van der Waals surface area contributed by atoms with E-state index in [9.17, 15) is 0 Å². The largest absolute Gasteiger partial charge is 0.494 e. The normalized spacial score (nSPS) is 10.2. The molecule has 0 aliphatic heterocycles. The molecule has 0 bridgehead atoms. The first-order valence-corrected chi connectivity index (χ1v) is 4.41. The Balaban J connectivity index is 2.59. The summed E-state index contributed by atoms with van der Waals surface area (Å²) in [5, 5.41) is 0. The van der Waals surface area contributed by atoms with Gasteiger partial charge in [0.15, 0.2) is 0 Å². The molecule has 2 nitrogen and oxygen atoms in total. The van der Waals surface area contributed by atoms with E-state index in [0.717, 1.165) is 11.5 Å². The summed E-state index contributed by atoms with van der Waals surface area (Å²) in [4.78, 5) is 0. The van der Waals surface area contributed by atoms with E-state index >= 15 is 0 Å². The summed E-state index contributed by atoms with van der Waals surface area (Å²) in [6, 6.07) is 7.54. The molecule has 1 aromatic carbocycles. The summed E-state index contributed by atoms with van der Waals surface area (Å²) in [6.45, 7) is 8.05. The van der Waals surface area contributed by atoms with Crippen LogP contribution in [0.4, 0.5) is 0 Å². The Morgan fingerprint density at radius 2 is 1.69 bits per heavy atom. The zero-order valence-electron chi connectivity index (χ0n) is 8.12. The molecule has 13 heavy (non-hydrogen) atoms. The zero-order valence-corrected chi connectivity index (χ0v) is 8.12. The van der Waals surface area contributed by atoms with Crippen molar-refractivity contribution in [3.8, 4) is 11.5 Å². The molecule has 0 aliphatic rings. The molecule has 1 radical (unpaired) electrons. The van der Waals surface area contributed by atoms with E-state index in [1.54, 1.807) is 0 Å². The van der Waals surface area contributed by atoms with Gasteiger partial charge in [0.05, 0.1) is 12.7 Å². The van der Waals surface area contributed by atoms with Crippen molar-refractivity contribution in [3.05, 3.63) is 31.2 Å². The van der Waals surface area contributed by atoms with Crippen LogP contribution in [-0.2, 0) is 0 Å². The molecule has 0 spiro atoms. The topological polar surface area (TPSA) is 18.5 Å². The maximum atomic E-state index is 5.48. The maximum absolute atomic E-state index is 5.48. The van der Waals surface area contributed by atoms with Crippen LogP contribution in [-0.4, -0.2) is 12.7 Å². The van der Waals surface area contributed by atoms with E-state index in [-0.39, 0.29) is 6.10 Å². The summed E-state index contributed by atoms with van der Waals surface area (Å²) in [7, 11) is 0. The van der Waals surface area contributed by atoms with Crippen molar-refractivity contribution in [1.29, 1.82) is 0 Å². The molecule has 0 amide bonds. The van der Waals surface area contributed by atoms with Crippen LogP contribution >= 0.6 is 0 Å². The fourth-order valence-electron chi connectivity index (χ4n) is 1.00. The minimum atomic E-state index is 0.208. The van der Waals surface area contributed by atoms with Crippen LogP contribution in [0.5, 0.6) is 11.5 Å². The third kappa shape index (κ3) is 3.36. The minimum Gasteiger partial charge on any atom is -0.494 e. The third-order valence-electron chi connectivity index (χ3n) is 1.46. The van der Waals surface area contributed by atoms with Crippen molar-refractivity contribution in [1.82, 2.24) is 0 Å². The molecule has 0 unspecified atom stereocenters. The Bertz CT molecular complexity index is 239. The second kappa shape index (κ2) is 4.75. The van der Waals surface area contributed by atoms with Crippen molar-refractivity contribution in [2.24, 2.45) is 0 Å². The smallest absolute Gasteiger partial charge is 0.119 e. The zero-order chi connectivity index (χ0) is 9.68. The maximum Gasteiger partial charge on any atom is 0.119 e. The van der Waals surface area contributed by atoms with Gasteiger partial charge in [0.2, 0.25) is 0 Å². The van der Waals surface area contributed by atoms with Crippen LogP contribution in [0.3, 0.4) is 0 Å². The number of hydrogen-bond donors (Lipinski definition) is 0. The lowest BCUT2D eigenvalue weighted by atomic mass is 10.3. The second-order valence-corrected chi connectivity index (χ2v) is 2.99. The molecule has 71 valence electrons. The van der Waals surface area contributed by atoms with Crippen LogP contribution in [0.2, 0.25) is 0 Å². The molecule has 0 atom stereocenters. The predicted octanol–water partition coefficient (Wildman–Crippen LogP) is 2.69. The van der Waals surface area contributed by atoms with Crippen molar-refractivity contribution in [3.63, 3.8) is 0 Å². The average Bonchev–Trinajstić information content (AvgIpc) is 2.08. The molecule has 0 aliphatic carbocycles. The Morgan fingerprint density at radius 3 is 2.15 bits per heavy atom. The first-order valence-electron chi connectivity index (χ1n) is 4.41. The lowest BCUT2D eigenvalue weighted by molar-refractivity contribution is 0.242. The summed E-state index contributed by atoms with van der Waals surface area (Å²) in [5.74, 6) is 1.69. The highest BCUT2D eigenvalue weighted by atomic mass is 16.5. The third-order valence-corrected chi connectivity index (χ3v) is 1.46. The number of rotatable bonds is 4. The lowest BCUT2D eigenvalue weighted by Crippen LogP contribution is -2.05. The molecular formula is C11H15O2. The van der Waals surface area contributed by atoms with E-state index in [0.29, 0.717) is 6.61 Å². The van der Waals surface area contributed by atoms with Gasteiger partial charge in [0.1, 0.15) is 11.5 Å². The van der Waals surface area contributed by atoms with Gasteiger partial charge in [-0.2, -0.15) is 0 Å². The highest BCUT2D eigenvalue weighted by Crippen LogP contribution is 2.18. The van der Waals surface area contributed by atoms with Gasteiger partial charge in [-0.3, -0.25) is 0 Å². The Kier molecular flexibility index (Phi) is 3.62. The quantitative estimate of drug-likeness (QED) is 0.707. The Morgan fingerprint density at radius 1 is 1.15 bits per heavy atom. The first kappa shape index (κ1) is 9.90. The van der Waals surface area contributed by atoms with Gasteiger partial charge >= 0.3 is 0 Å². The van der Waals surface area contributed by atoms with Crippen LogP contribution in [0.25, 0.3) is 0 Å². The van der Waals surface area contributed by atoms with Crippen molar-refractivity contribution in [2.75, 3.05) is 6.61 Å². The van der Waals surface area contributed by atoms with Crippen LogP contribution in [0, 0.1) is 6.92 Å². The molecule has 0 saturated heterocycles. The van der Waals surface area contributed by atoms with Gasteiger partial charge in [-0.25, -0.2) is 0 Å². The standard InChI is InChI=1S/C11H15O2/c1-4-12-10-5-7-11(8-6-10)13-9(2)3/h5-9H,1,4H2,2-3H3. The second-order valence-electron chi connectivity index (χ2n) is 2.99. The monoisotopic (exact) mass is 179 g/mol. The highest BCUT2D eigenvalue weighted by molar-refractivity contribution is 5.31. The van der Waals surface area contributed by atoms with Gasteiger partial charge in [0, 0.05) is 0 Å². The van der Waals surface area contributed by atoms with E-state index < -0.39 is 0 Å². The van der Waals surface area contributed by atoms with Gasteiger partial charge in [-0.15, -0.1) is 0 Å². The number of benzene rings is 1. The molecule has 2 heteroatoms.